The van der Waals surface area contributed by atoms with Crippen LogP contribution >= 0.6 is 23.5 Å². The van der Waals surface area contributed by atoms with Crippen LogP contribution in [-0.4, -0.2) is 33.7 Å². The molecule has 0 heterocycles. The summed E-state index contributed by atoms with van der Waals surface area (Å²) in [6, 6.07) is 7.65. The predicted octanol–water partition coefficient (Wildman–Crippen LogP) is 4.27. The second-order valence-electron chi connectivity index (χ2n) is 4.51. The van der Waals surface area contributed by atoms with Gasteiger partial charge in [-0.2, -0.15) is 0 Å². The largest absolute Gasteiger partial charge is 0.519 e. The molecule has 0 bridgehead atoms. The van der Waals surface area contributed by atoms with Gasteiger partial charge in [-0.05, 0) is 60.7 Å². The smallest absolute Gasteiger partial charge is 0.335 e. The third-order valence-corrected chi connectivity index (χ3v) is 3.75. The van der Waals surface area contributed by atoms with Gasteiger partial charge >= 0.3 is 5.97 Å². The van der Waals surface area contributed by atoms with Crippen molar-refractivity contribution in [2.24, 2.45) is 0 Å². The van der Waals surface area contributed by atoms with Crippen molar-refractivity contribution in [3.05, 3.63) is 29.8 Å². The fraction of sp³-hybridized carbons (Fsp3) is 0.533. The number of benzene rings is 1. The van der Waals surface area contributed by atoms with E-state index in [0.717, 1.165) is 30.8 Å². The standard InChI is InChI=1S/C15H22ClNO2S/c1-4-10-17(11-5-2)20-14-8-6-13(7-9-14)15(18)19-12(3)16/h6-9,12H,4-5,10-11H2,1-3H3/p+1. The zero-order valence-electron chi connectivity index (χ0n) is 12.3. The van der Waals surface area contributed by atoms with Gasteiger partial charge in [0.25, 0.3) is 5.56 Å². The molecular formula is C15H23ClNO2S+. The van der Waals surface area contributed by atoms with Crippen molar-refractivity contribution in [3.8, 4) is 0 Å². The third-order valence-electron chi connectivity index (χ3n) is 2.56. The molecular weight excluding hydrogens is 294 g/mol. The van der Waals surface area contributed by atoms with Crippen molar-refractivity contribution in [2.45, 2.75) is 44.1 Å². The van der Waals surface area contributed by atoms with Crippen LogP contribution in [0.15, 0.2) is 29.2 Å². The summed E-state index contributed by atoms with van der Waals surface area (Å²) in [6.45, 7) is 8.18. The fourth-order valence-corrected chi connectivity index (χ4v) is 2.92. The number of nitrogens with zero attached hydrogens (tertiary/aromatic N) is 1. The van der Waals surface area contributed by atoms with Gasteiger partial charge in [-0.3, -0.25) is 4.74 Å². The SMILES string of the molecule is CCCN(CCC)Sc1ccc(C(=[OH+])OC(C)Cl)cc1. The van der Waals surface area contributed by atoms with Crippen molar-refractivity contribution >= 4 is 29.5 Å². The second kappa shape index (κ2) is 9.27. The molecule has 0 spiro atoms. The van der Waals surface area contributed by atoms with Gasteiger partial charge in [-0.15, -0.1) is 0 Å². The van der Waals surface area contributed by atoms with Crippen LogP contribution in [0.4, 0.5) is 0 Å². The Hall–Kier alpha value is -0.710. The molecule has 0 saturated carbocycles. The van der Waals surface area contributed by atoms with Crippen molar-refractivity contribution in [1.82, 2.24) is 4.31 Å². The summed E-state index contributed by atoms with van der Waals surface area (Å²) in [5.41, 5.74) is 0.0908. The molecule has 1 unspecified atom stereocenters. The Morgan fingerprint density at radius 1 is 1.25 bits per heavy atom. The van der Waals surface area contributed by atoms with Gasteiger partial charge in [0.2, 0.25) is 0 Å². The van der Waals surface area contributed by atoms with Crippen molar-refractivity contribution in [2.75, 3.05) is 13.1 Å². The molecule has 1 N–H and O–H groups in total. The lowest BCUT2D eigenvalue weighted by Crippen LogP contribution is -2.17. The average molecular weight is 317 g/mol. The maximum absolute atomic E-state index is 9.72. The summed E-state index contributed by atoms with van der Waals surface area (Å²) in [6.07, 6.45) is 2.28. The number of ether oxygens (including phenoxy) is 1. The molecule has 0 saturated heterocycles. The Balaban J connectivity index is 2.63. The monoisotopic (exact) mass is 316 g/mol. The first-order valence-electron chi connectivity index (χ1n) is 6.96. The van der Waals surface area contributed by atoms with Crippen molar-refractivity contribution in [3.63, 3.8) is 0 Å². The van der Waals surface area contributed by atoms with Gasteiger partial charge in [0, 0.05) is 24.9 Å². The minimum Gasteiger partial charge on any atom is -0.335 e. The Labute approximate surface area is 130 Å². The van der Waals surface area contributed by atoms with Crippen LogP contribution in [0.25, 0.3) is 0 Å². The lowest BCUT2D eigenvalue weighted by molar-refractivity contribution is 0.260. The number of esters is 1. The van der Waals surface area contributed by atoms with E-state index in [4.69, 9.17) is 16.3 Å². The molecule has 5 heteroatoms. The zero-order chi connectivity index (χ0) is 15.0. The van der Waals surface area contributed by atoms with E-state index in [1.165, 1.54) is 0 Å². The molecule has 0 aromatic heterocycles. The number of hydrogen-bond acceptors (Lipinski definition) is 3. The summed E-state index contributed by atoms with van der Waals surface area (Å²) in [4.78, 5) is 10.9. The Bertz CT molecular complexity index is 403. The summed E-state index contributed by atoms with van der Waals surface area (Å²) < 4.78 is 7.41. The summed E-state index contributed by atoms with van der Waals surface area (Å²) >= 11 is 7.43. The number of alkyl halides is 1. The average Bonchev–Trinajstić information content (AvgIpc) is 2.39. The Morgan fingerprint density at radius 3 is 2.25 bits per heavy atom. The molecule has 112 valence electrons. The van der Waals surface area contributed by atoms with E-state index in [0.29, 0.717) is 5.56 Å². The highest BCUT2D eigenvalue weighted by Gasteiger charge is 2.19. The van der Waals surface area contributed by atoms with E-state index < -0.39 is 5.56 Å². The van der Waals surface area contributed by atoms with E-state index in [1.54, 1.807) is 18.9 Å². The molecule has 20 heavy (non-hydrogen) atoms. The first kappa shape index (κ1) is 17.3. The number of halogens is 1. The van der Waals surface area contributed by atoms with Crippen LogP contribution in [0.2, 0.25) is 0 Å². The van der Waals surface area contributed by atoms with Crippen molar-refractivity contribution < 1.29 is 9.53 Å². The van der Waals surface area contributed by atoms with Crippen LogP contribution in [0.1, 0.15) is 39.2 Å². The Morgan fingerprint density at radius 2 is 1.80 bits per heavy atom. The third kappa shape index (κ3) is 6.16. The molecule has 0 aliphatic rings. The second-order valence-corrected chi connectivity index (χ2v) is 6.30. The molecule has 1 atom stereocenters. The molecule has 0 radical (unpaired) electrons. The number of hydrogen-bond donors (Lipinski definition) is 0. The minimum atomic E-state index is -0.548. The molecule has 0 fully saturated rings. The quantitative estimate of drug-likeness (QED) is 0.311. The summed E-state index contributed by atoms with van der Waals surface area (Å²) in [7, 11) is 0. The first-order valence-corrected chi connectivity index (χ1v) is 8.17. The van der Waals surface area contributed by atoms with Crippen LogP contribution in [0, 0.1) is 0 Å². The van der Waals surface area contributed by atoms with Crippen LogP contribution in [-0.2, 0) is 4.74 Å². The lowest BCUT2D eigenvalue weighted by Gasteiger charge is -2.19. The van der Waals surface area contributed by atoms with Crippen LogP contribution < -0.4 is 0 Å². The van der Waals surface area contributed by atoms with E-state index in [1.807, 2.05) is 24.3 Å². The molecule has 0 aliphatic heterocycles. The summed E-state index contributed by atoms with van der Waals surface area (Å²) in [5, 5.41) is 0. The zero-order valence-corrected chi connectivity index (χ0v) is 13.9. The van der Waals surface area contributed by atoms with Gasteiger partial charge in [0.15, 0.2) is 0 Å². The highest BCUT2D eigenvalue weighted by atomic mass is 35.5. The van der Waals surface area contributed by atoms with Gasteiger partial charge in [-0.1, -0.05) is 13.8 Å². The minimum absolute atomic E-state index is 0.136. The molecule has 3 nitrogen and oxygen atoms in total. The number of rotatable bonds is 8. The molecule has 0 aliphatic carbocycles. The molecule has 1 aromatic rings. The maximum atomic E-state index is 9.72. The number of carbonyl (C=O) groups excluding carboxylic acids is 1. The molecule has 1 rings (SSSR count). The molecule has 0 amide bonds. The van der Waals surface area contributed by atoms with Gasteiger partial charge < -0.3 is 4.79 Å². The topological polar surface area (TPSA) is 33.9 Å². The van der Waals surface area contributed by atoms with E-state index in [9.17, 15) is 4.79 Å². The summed E-state index contributed by atoms with van der Waals surface area (Å²) in [5.74, 6) is -0.136. The Kier molecular flexibility index (Phi) is 8.04. The first-order chi connectivity index (χ1) is 9.56. The highest BCUT2D eigenvalue weighted by Crippen LogP contribution is 2.23. The van der Waals surface area contributed by atoms with Crippen LogP contribution in [0.3, 0.4) is 0 Å². The van der Waals surface area contributed by atoms with Gasteiger partial charge in [0.1, 0.15) is 5.56 Å². The van der Waals surface area contributed by atoms with Gasteiger partial charge in [0.05, 0.1) is 0 Å². The van der Waals surface area contributed by atoms with E-state index in [2.05, 4.69) is 18.2 Å². The van der Waals surface area contributed by atoms with Gasteiger partial charge in [-0.25, -0.2) is 4.31 Å². The van der Waals surface area contributed by atoms with Crippen LogP contribution in [0.5, 0.6) is 0 Å². The van der Waals surface area contributed by atoms with E-state index >= 15 is 0 Å². The van der Waals surface area contributed by atoms with E-state index in [-0.39, 0.29) is 5.97 Å². The normalized spacial score (nSPS) is 12.4. The predicted molar refractivity (Wildman–Crippen MR) is 86.9 cm³/mol. The maximum Gasteiger partial charge on any atom is 0.519 e. The lowest BCUT2D eigenvalue weighted by atomic mass is 10.2. The highest BCUT2D eigenvalue weighted by molar-refractivity contribution is 7.97. The molecule has 1 aromatic carbocycles. The fourth-order valence-electron chi connectivity index (χ4n) is 1.73. The van der Waals surface area contributed by atoms with Crippen molar-refractivity contribution in [1.29, 1.82) is 0 Å².